The summed E-state index contributed by atoms with van der Waals surface area (Å²) in [6.45, 7) is 8.59. The van der Waals surface area contributed by atoms with Crippen molar-refractivity contribution in [2.75, 3.05) is 6.61 Å². The molecule has 0 aliphatic rings. The number of ether oxygens (including phenoxy) is 1. The first-order chi connectivity index (χ1) is 5.67. The molecule has 4 heteroatoms. The summed E-state index contributed by atoms with van der Waals surface area (Å²) in [5.74, 6) is -0.499. The Labute approximate surface area is 71.4 Å². The highest BCUT2D eigenvalue weighted by Crippen LogP contribution is 2.03. The van der Waals surface area contributed by atoms with Crippen LogP contribution in [0.15, 0.2) is 29.0 Å². The molecule has 4 nitrogen and oxygen atoms in total. The van der Waals surface area contributed by atoms with Crippen LogP contribution in [0.25, 0.3) is 0 Å². The summed E-state index contributed by atoms with van der Waals surface area (Å²) in [6, 6.07) is 0. The van der Waals surface area contributed by atoms with E-state index < -0.39 is 5.97 Å². The smallest absolute Gasteiger partial charge is 0.341 e. The Bertz CT molecular complexity index is 231. The summed E-state index contributed by atoms with van der Waals surface area (Å²) in [7, 11) is 0. The fraction of sp³-hybridized carbons (Fsp3) is 0.250. The number of carbonyl (C=O) groups is 1. The van der Waals surface area contributed by atoms with E-state index in [1.165, 1.54) is 6.08 Å². The van der Waals surface area contributed by atoms with Gasteiger partial charge < -0.3 is 10.5 Å². The number of aliphatic imine (C=N–C) groups is 1. The number of nitrogens with zero attached hydrogens (tertiary/aromatic N) is 1. The van der Waals surface area contributed by atoms with Crippen LogP contribution in [0.4, 0.5) is 0 Å². The molecular weight excluding hydrogens is 156 g/mol. The van der Waals surface area contributed by atoms with E-state index in [9.17, 15) is 4.79 Å². The Hall–Kier alpha value is -1.58. The van der Waals surface area contributed by atoms with E-state index in [4.69, 9.17) is 5.73 Å². The van der Waals surface area contributed by atoms with Gasteiger partial charge in [-0.05, 0) is 13.6 Å². The van der Waals surface area contributed by atoms with Crippen molar-refractivity contribution in [2.45, 2.75) is 6.92 Å². The average molecular weight is 168 g/mol. The standard InChI is InChI=1S/C8H12N2O2/c1-4-6(7(9)10-3)8(11)12-5-2/h4H,1,3,5,9H2,2H3/b7-6+. The van der Waals surface area contributed by atoms with Crippen LogP contribution in [0.2, 0.25) is 0 Å². The number of hydrogen-bond donors (Lipinski definition) is 1. The molecule has 0 radical (unpaired) electrons. The summed E-state index contributed by atoms with van der Waals surface area (Å²) in [4.78, 5) is 14.5. The minimum Gasteiger partial charge on any atom is -0.462 e. The number of hydrogen-bond acceptors (Lipinski definition) is 4. The molecule has 0 aromatic heterocycles. The monoisotopic (exact) mass is 168 g/mol. The summed E-state index contributed by atoms with van der Waals surface area (Å²) in [5.41, 5.74) is 5.48. The van der Waals surface area contributed by atoms with Gasteiger partial charge in [-0.3, -0.25) is 0 Å². The molecule has 0 heterocycles. The third-order valence-electron chi connectivity index (χ3n) is 1.15. The predicted octanol–water partition coefficient (Wildman–Crippen LogP) is 0.606. The number of esters is 1. The first kappa shape index (κ1) is 10.4. The molecule has 0 unspecified atom stereocenters. The minimum atomic E-state index is -0.530. The van der Waals surface area contributed by atoms with Gasteiger partial charge in [0.2, 0.25) is 0 Å². The van der Waals surface area contributed by atoms with Gasteiger partial charge in [0, 0.05) is 0 Å². The van der Waals surface area contributed by atoms with E-state index >= 15 is 0 Å². The molecule has 0 amide bonds. The van der Waals surface area contributed by atoms with Crippen molar-refractivity contribution in [3.63, 3.8) is 0 Å². The first-order valence-electron chi connectivity index (χ1n) is 3.43. The number of nitrogens with two attached hydrogens (primary N) is 1. The molecule has 2 N–H and O–H groups in total. The molecule has 0 aromatic rings. The maximum absolute atomic E-state index is 11.1. The molecule has 0 aliphatic carbocycles. The summed E-state index contributed by atoms with van der Waals surface area (Å²) in [5, 5.41) is 0. The van der Waals surface area contributed by atoms with Crippen LogP contribution in [0.5, 0.6) is 0 Å². The number of carbonyl (C=O) groups excluding carboxylic acids is 1. The fourth-order valence-corrected chi connectivity index (χ4v) is 0.586. The second-order valence-corrected chi connectivity index (χ2v) is 1.88. The maximum Gasteiger partial charge on any atom is 0.341 e. The van der Waals surface area contributed by atoms with E-state index in [1.54, 1.807) is 6.92 Å². The Morgan fingerprint density at radius 3 is 2.67 bits per heavy atom. The van der Waals surface area contributed by atoms with Crippen LogP contribution in [-0.2, 0) is 9.53 Å². The molecular formula is C8H12N2O2. The third kappa shape index (κ3) is 2.57. The van der Waals surface area contributed by atoms with Gasteiger partial charge in [0.1, 0.15) is 11.4 Å². The fourth-order valence-electron chi connectivity index (χ4n) is 0.586. The van der Waals surface area contributed by atoms with E-state index in [-0.39, 0.29) is 11.4 Å². The lowest BCUT2D eigenvalue weighted by Crippen LogP contribution is -2.11. The SMILES string of the molecule is C=C/C(C(=O)OCC)=C(/N)N=C. The van der Waals surface area contributed by atoms with Crippen LogP contribution < -0.4 is 5.73 Å². The Morgan fingerprint density at radius 1 is 1.75 bits per heavy atom. The van der Waals surface area contributed by atoms with Crippen molar-refractivity contribution < 1.29 is 9.53 Å². The predicted molar refractivity (Wildman–Crippen MR) is 47.6 cm³/mol. The molecule has 0 saturated heterocycles. The molecule has 0 fully saturated rings. The van der Waals surface area contributed by atoms with Crippen LogP contribution in [0.3, 0.4) is 0 Å². The third-order valence-corrected chi connectivity index (χ3v) is 1.15. The number of rotatable bonds is 4. The molecule has 0 aliphatic heterocycles. The molecule has 0 aromatic carbocycles. The zero-order valence-electron chi connectivity index (χ0n) is 7.04. The highest BCUT2D eigenvalue weighted by molar-refractivity contribution is 5.92. The van der Waals surface area contributed by atoms with Gasteiger partial charge in [0.25, 0.3) is 0 Å². The van der Waals surface area contributed by atoms with Crippen LogP contribution in [0.1, 0.15) is 6.92 Å². The minimum absolute atomic E-state index is 0.0310. The van der Waals surface area contributed by atoms with Crippen LogP contribution in [-0.4, -0.2) is 19.3 Å². The normalized spacial score (nSPS) is 11.4. The topological polar surface area (TPSA) is 64.7 Å². The Kier molecular flexibility index (Phi) is 4.45. The maximum atomic E-state index is 11.1. The van der Waals surface area contributed by atoms with Gasteiger partial charge in [-0.25, -0.2) is 9.79 Å². The zero-order chi connectivity index (χ0) is 9.56. The summed E-state index contributed by atoms with van der Waals surface area (Å²) < 4.78 is 4.68. The van der Waals surface area contributed by atoms with Gasteiger partial charge >= 0.3 is 5.97 Å². The summed E-state index contributed by atoms with van der Waals surface area (Å²) >= 11 is 0. The lowest BCUT2D eigenvalue weighted by atomic mass is 10.2. The lowest BCUT2D eigenvalue weighted by Gasteiger charge is -2.02. The molecule has 12 heavy (non-hydrogen) atoms. The van der Waals surface area contributed by atoms with Crippen molar-refractivity contribution in [1.82, 2.24) is 0 Å². The molecule has 0 rings (SSSR count). The van der Waals surface area contributed by atoms with Gasteiger partial charge in [-0.2, -0.15) is 0 Å². The van der Waals surface area contributed by atoms with Crippen molar-refractivity contribution in [3.05, 3.63) is 24.0 Å². The zero-order valence-corrected chi connectivity index (χ0v) is 7.04. The van der Waals surface area contributed by atoms with Gasteiger partial charge in [-0.15, -0.1) is 0 Å². The van der Waals surface area contributed by atoms with Crippen LogP contribution in [0, 0.1) is 0 Å². The first-order valence-corrected chi connectivity index (χ1v) is 3.43. The van der Waals surface area contributed by atoms with Crippen LogP contribution >= 0.6 is 0 Å². The van der Waals surface area contributed by atoms with Crippen molar-refractivity contribution >= 4 is 12.7 Å². The van der Waals surface area contributed by atoms with Crippen molar-refractivity contribution in [3.8, 4) is 0 Å². The molecule has 66 valence electrons. The summed E-state index contributed by atoms with van der Waals surface area (Å²) in [6.07, 6.45) is 1.29. The molecule has 0 spiro atoms. The Balaban J connectivity index is 4.66. The molecule has 0 saturated carbocycles. The van der Waals surface area contributed by atoms with E-state index in [1.807, 2.05) is 0 Å². The van der Waals surface area contributed by atoms with Crippen molar-refractivity contribution in [1.29, 1.82) is 0 Å². The highest BCUT2D eigenvalue weighted by atomic mass is 16.5. The van der Waals surface area contributed by atoms with Gasteiger partial charge in [0.15, 0.2) is 0 Å². The van der Waals surface area contributed by atoms with Crippen molar-refractivity contribution in [2.24, 2.45) is 10.7 Å². The van der Waals surface area contributed by atoms with Gasteiger partial charge in [0.05, 0.1) is 6.61 Å². The van der Waals surface area contributed by atoms with E-state index in [0.717, 1.165) is 0 Å². The quantitative estimate of drug-likeness (QED) is 0.289. The largest absolute Gasteiger partial charge is 0.462 e. The second-order valence-electron chi connectivity index (χ2n) is 1.88. The lowest BCUT2D eigenvalue weighted by molar-refractivity contribution is -0.138. The molecule has 0 atom stereocenters. The highest BCUT2D eigenvalue weighted by Gasteiger charge is 2.09. The second kappa shape index (κ2) is 5.12. The van der Waals surface area contributed by atoms with E-state index in [2.05, 4.69) is 23.0 Å². The van der Waals surface area contributed by atoms with Gasteiger partial charge in [-0.1, -0.05) is 12.7 Å². The Morgan fingerprint density at radius 2 is 2.33 bits per heavy atom. The van der Waals surface area contributed by atoms with E-state index in [0.29, 0.717) is 6.61 Å². The molecule has 0 bridgehead atoms. The average Bonchev–Trinajstić information content (AvgIpc) is 2.06.